The van der Waals surface area contributed by atoms with Gasteiger partial charge in [0.25, 0.3) is 5.91 Å². The third kappa shape index (κ3) is 3.28. The highest BCUT2D eigenvalue weighted by Gasteiger charge is 2.28. The molecule has 0 spiro atoms. The average molecular weight is 285 g/mol. The second kappa shape index (κ2) is 6.09. The number of aromatic nitrogens is 1. The molecule has 104 valence electrons. The van der Waals surface area contributed by atoms with Crippen molar-refractivity contribution in [2.45, 2.75) is 12.7 Å². The summed E-state index contributed by atoms with van der Waals surface area (Å²) in [4.78, 5) is 14.1. The highest BCUT2D eigenvalue weighted by atomic mass is 32.1. The molecule has 0 radical (unpaired) electrons. The lowest BCUT2D eigenvalue weighted by molar-refractivity contribution is 0.00830. The van der Waals surface area contributed by atoms with Gasteiger partial charge in [-0.05, 0) is 0 Å². The van der Waals surface area contributed by atoms with Gasteiger partial charge in [0.15, 0.2) is 11.5 Å². The number of thiocarbonyl (C=S) groups is 1. The Morgan fingerprint density at radius 1 is 1.74 bits per heavy atom. The van der Waals surface area contributed by atoms with E-state index in [-0.39, 0.29) is 23.2 Å². The van der Waals surface area contributed by atoms with Crippen LogP contribution >= 0.6 is 12.2 Å². The predicted molar refractivity (Wildman–Crippen MR) is 69.6 cm³/mol. The van der Waals surface area contributed by atoms with Crippen molar-refractivity contribution in [2.75, 3.05) is 26.8 Å². The number of carbonyl (C=O) groups excluding carboxylic acids is 1. The van der Waals surface area contributed by atoms with Crippen molar-refractivity contribution >= 4 is 23.1 Å². The molecule has 0 aliphatic carbocycles. The molecule has 8 heteroatoms. The second-order valence-electron chi connectivity index (χ2n) is 4.12. The molecule has 2 rings (SSSR count). The topological polar surface area (TPSA) is 90.8 Å². The number of ether oxygens (including phenoxy) is 2. The van der Waals surface area contributed by atoms with Crippen LogP contribution in [0.5, 0.6) is 0 Å². The minimum absolute atomic E-state index is 0.226. The summed E-state index contributed by atoms with van der Waals surface area (Å²) < 4.78 is 15.3. The Balaban J connectivity index is 2.03. The number of hydrogen-bond acceptors (Lipinski definition) is 6. The fraction of sp³-hybridized carbons (Fsp3) is 0.545. The Morgan fingerprint density at radius 2 is 2.53 bits per heavy atom. The van der Waals surface area contributed by atoms with Crippen LogP contribution in [-0.2, 0) is 16.1 Å². The molecule has 1 aromatic heterocycles. The first-order chi connectivity index (χ1) is 9.11. The smallest absolute Gasteiger partial charge is 0.276 e. The first-order valence-corrected chi connectivity index (χ1v) is 6.17. The van der Waals surface area contributed by atoms with Gasteiger partial charge in [-0.3, -0.25) is 4.79 Å². The van der Waals surface area contributed by atoms with E-state index in [0.717, 1.165) is 0 Å². The maximum Gasteiger partial charge on any atom is 0.276 e. The normalized spacial score (nSPS) is 19.4. The van der Waals surface area contributed by atoms with Crippen molar-refractivity contribution in [3.63, 3.8) is 0 Å². The fourth-order valence-corrected chi connectivity index (χ4v) is 1.93. The molecule has 1 atom stereocenters. The summed E-state index contributed by atoms with van der Waals surface area (Å²) in [6.07, 6.45) is -0.405. The van der Waals surface area contributed by atoms with Crippen LogP contribution in [0.4, 0.5) is 0 Å². The second-order valence-corrected chi connectivity index (χ2v) is 4.60. The van der Waals surface area contributed by atoms with Crippen LogP contribution in [0, 0.1) is 0 Å². The van der Waals surface area contributed by atoms with E-state index >= 15 is 0 Å². The zero-order valence-electron chi connectivity index (χ0n) is 10.5. The number of rotatable bonds is 4. The molecular formula is C11H15N3O4S. The minimum atomic E-state index is -0.405. The van der Waals surface area contributed by atoms with Crippen molar-refractivity contribution in [1.82, 2.24) is 10.1 Å². The number of nitrogens with two attached hydrogens (primary N) is 1. The summed E-state index contributed by atoms with van der Waals surface area (Å²) in [7, 11) is 1.54. The zero-order chi connectivity index (χ0) is 13.8. The van der Waals surface area contributed by atoms with Gasteiger partial charge in [0.2, 0.25) is 0 Å². The van der Waals surface area contributed by atoms with Crippen LogP contribution in [-0.4, -0.2) is 53.9 Å². The number of carbonyl (C=O) groups is 1. The summed E-state index contributed by atoms with van der Waals surface area (Å²) >= 11 is 4.87. The average Bonchev–Trinajstić information content (AvgIpc) is 2.87. The maximum atomic E-state index is 12.2. The summed E-state index contributed by atoms with van der Waals surface area (Å²) in [5.74, 6) is 0.278. The molecule has 2 N–H and O–H groups in total. The quantitative estimate of drug-likeness (QED) is 0.775. The lowest BCUT2D eigenvalue weighted by atomic mass is 10.2. The zero-order valence-corrected chi connectivity index (χ0v) is 11.3. The van der Waals surface area contributed by atoms with Crippen LogP contribution in [0.15, 0.2) is 10.6 Å². The summed E-state index contributed by atoms with van der Waals surface area (Å²) in [6.45, 7) is 1.49. The van der Waals surface area contributed by atoms with Gasteiger partial charge in [0.05, 0.1) is 13.2 Å². The number of amides is 1. The van der Waals surface area contributed by atoms with Crippen molar-refractivity contribution in [3.8, 4) is 0 Å². The van der Waals surface area contributed by atoms with Gasteiger partial charge in [-0.1, -0.05) is 17.4 Å². The van der Waals surface area contributed by atoms with Gasteiger partial charge >= 0.3 is 0 Å². The van der Waals surface area contributed by atoms with Crippen molar-refractivity contribution in [3.05, 3.63) is 17.5 Å². The molecule has 1 unspecified atom stereocenters. The molecular weight excluding hydrogens is 270 g/mol. The third-order valence-corrected chi connectivity index (χ3v) is 3.00. The summed E-state index contributed by atoms with van der Waals surface area (Å²) in [5, 5.41) is 3.73. The molecule has 0 bridgehead atoms. The van der Waals surface area contributed by atoms with Crippen molar-refractivity contribution in [2.24, 2.45) is 5.73 Å². The van der Waals surface area contributed by atoms with E-state index in [1.54, 1.807) is 18.1 Å². The molecule has 19 heavy (non-hydrogen) atoms. The summed E-state index contributed by atoms with van der Waals surface area (Å²) in [5.41, 5.74) is 5.78. The fourth-order valence-electron chi connectivity index (χ4n) is 1.79. The van der Waals surface area contributed by atoms with E-state index in [4.69, 9.17) is 31.9 Å². The van der Waals surface area contributed by atoms with Gasteiger partial charge < -0.3 is 24.6 Å². The van der Waals surface area contributed by atoms with Crippen LogP contribution < -0.4 is 5.73 Å². The van der Waals surface area contributed by atoms with Crippen LogP contribution in [0.3, 0.4) is 0 Å². The molecule has 1 aromatic rings. The molecule has 1 aliphatic heterocycles. The molecule has 1 saturated heterocycles. The molecule has 1 fully saturated rings. The number of hydrogen-bond donors (Lipinski definition) is 1. The molecule has 1 aliphatic rings. The number of methoxy groups -OCH3 is 1. The standard InChI is InChI=1S/C11H15N3O4S/c1-16-6-7-4-8(13-18-7)11(15)14-2-3-17-9(5-14)10(12)19/h4,9H,2-3,5-6H2,1H3,(H2,12,19). The number of morpholine rings is 1. The first kappa shape index (κ1) is 13.9. The first-order valence-electron chi connectivity index (χ1n) is 5.76. The van der Waals surface area contributed by atoms with Gasteiger partial charge in [0, 0.05) is 19.7 Å². The van der Waals surface area contributed by atoms with Crippen LogP contribution in [0.25, 0.3) is 0 Å². The monoisotopic (exact) mass is 285 g/mol. The van der Waals surface area contributed by atoms with Crippen LogP contribution in [0.1, 0.15) is 16.2 Å². The van der Waals surface area contributed by atoms with Gasteiger partial charge in [0.1, 0.15) is 17.7 Å². The van der Waals surface area contributed by atoms with Gasteiger partial charge in [-0.2, -0.15) is 0 Å². The Morgan fingerprint density at radius 3 is 3.21 bits per heavy atom. The van der Waals surface area contributed by atoms with E-state index in [1.807, 2.05) is 0 Å². The van der Waals surface area contributed by atoms with Gasteiger partial charge in [-0.15, -0.1) is 0 Å². The van der Waals surface area contributed by atoms with E-state index in [9.17, 15) is 4.79 Å². The molecule has 0 aromatic carbocycles. The highest BCUT2D eigenvalue weighted by molar-refractivity contribution is 7.80. The third-order valence-electron chi connectivity index (χ3n) is 2.74. The maximum absolute atomic E-state index is 12.2. The Bertz CT molecular complexity index is 476. The largest absolute Gasteiger partial charge is 0.391 e. The lowest BCUT2D eigenvalue weighted by Gasteiger charge is -2.31. The Hall–Kier alpha value is -1.51. The predicted octanol–water partition coefficient (Wildman–Crippen LogP) is -0.0519. The Kier molecular flexibility index (Phi) is 4.46. The minimum Gasteiger partial charge on any atom is -0.391 e. The van der Waals surface area contributed by atoms with Crippen LogP contribution in [0.2, 0.25) is 0 Å². The highest BCUT2D eigenvalue weighted by Crippen LogP contribution is 2.12. The number of nitrogens with zero attached hydrogens (tertiary/aromatic N) is 2. The van der Waals surface area contributed by atoms with E-state index in [0.29, 0.717) is 25.5 Å². The lowest BCUT2D eigenvalue weighted by Crippen LogP contribution is -2.50. The molecule has 2 heterocycles. The Labute approximate surface area is 115 Å². The van der Waals surface area contributed by atoms with E-state index in [2.05, 4.69) is 5.16 Å². The van der Waals surface area contributed by atoms with E-state index in [1.165, 1.54) is 0 Å². The van der Waals surface area contributed by atoms with Crippen molar-refractivity contribution in [1.29, 1.82) is 0 Å². The van der Waals surface area contributed by atoms with Crippen molar-refractivity contribution < 1.29 is 18.8 Å². The van der Waals surface area contributed by atoms with E-state index < -0.39 is 6.10 Å². The summed E-state index contributed by atoms with van der Waals surface area (Å²) in [6, 6.07) is 1.57. The molecule has 1 amide bonds. The van der Waals surface area contributed by atoms with Gasteiger partial charge in [-0.25, -0.2) is 0 Å². The molecule has 7 nitrogen and oxygen atoms in total. The molecule has 0 saturated carbocycles. The SMILES string of the molecule is COCc1cc(C(=O)N2CCOC(C(N)=S)C2)no1.